The van der Waals surface area contributed by atoms with Crippen LogP contribution in [0.2, 0.25) is 0 Å². The molecule has 5 heteroatoms. The lowest BCUT2D eigenvalue weighted by Gasteiger charge is -2.08. The van der Waals surface area contributed by atoms with Crippen LogP contribution < -0.4 is 0 Å². The van der Waals surface area contributed by atoms with Gasteiger partial charge in [0.15, 0.2) is 6.10 Å². The lowest BCUT2D eigenvalue weighted by molar-refractivity contribution is -0.148. The number of rotatable bonds is 11. The molecule has 0 amide bonds. The van der Waals surface area contributed by atoms with Crippen molar-refractivity contribution in [3.8, 4) is 0 Å². The fourth-order valence-corrected chi connectivity index (χ4v) is 3.18. The molecule has 156 valence electrons. The molecular formula is C24H30O5. The summed E-state index contributed by atoms with van der Waals surface area (Å²) in [4.78, 5) is 33.9. The molecule has 0 bridgehead atoms. The molecule has 5 nitrogen and oxygen atoms in total. The van der Waals surface area contributed by atoms with Crippen molar-refractivity contribution >= 4 is 17.5 Å². The summed E-state index contributed by atoms with van der Waals surface area (Å²) in [5, 5.41) is 0. The molecule has 1 aliphatic heterocycles. The van der Waals surface area contributed by atoms with E-state index < -0.39 is 23.6 Å². The third-order valence-corrected chi connectivity index (χ3v) is 5.01. The number of allylic oxidation sites excluding steroid dienone is 5. The van der Waals surface area contributed by atoms with Crippen LogP contribution in [0.5, 0.6) is 0 Å². The molecule has 1 aromatic rings. The van der Waals surface area contributed by atoms with Crippen molar-refractivity contribution in [2.45, 2.75) is 65.4 Å². The van der Waals surface area contributed by atoms with Gasteiger partial charge in [-0.1, -0.05) is 42.4 Å². The van der Waals surface area contributed by atoms with Crippen LogP contribution in [-0.4, -0.2) is 23.6 Å². The molecule has 1 saturated heterocycles. The minimum atomic E-state index is -1.04. The summed E-state index contributed by atoms with van der Waals surface area (Å²) in [5.41, 5.74) is 3.56. The maximum absolute atomic E-state index is 11.6. The Labute approximate surface area is 172 Å². The Kier molecular flexibility index (Phi) is 8.84. The van der Waals surface area contributed by atoms with Crippen LogP contribution in [0, 0.1) is 5.92 Å². The van der Waals surface area contributed by atoms with Gasteiger partial charge in [-0.25, -0.2) is 4.79 Å². The van der Waals surface area contributed by atoms with Gasteiger partial charge in [-0.3, -0.25) is 9.59 Å². The number of aryl methyl sites for hydroxylation is 1. The average molecular weight is 398 g/mol. The van der Waals surface area contributed by atoms with Gasteiger partial charge in [0, 0.05) is 6.42 Å². The number of cyclic esters (lactones) is 1. The van der Waals surface area contributed by atoms with Gasteiger partial charge >= 0.3 is 11.8 Å². The van der Waals surface area contributed by atoms with Crippen molar-refractivity contribution in [1.82, 2.24) is 0 Å². The number of hydrogen-bond acceptors (Lipinski definition) is 5. The second-order valence-corrected chi connectivity index (χ2v) is 7.78. The van der Waals surface area contributed by atoms with E-state index in [1.165, 1.54) is 11.1 Å². The minimum Gasteiger partial charge on any atom is -0.472 e. The Bertz CT molecular complexity index is 795. The first-order valence-electron chi connectivity index (χ1n) is 10.2. The van der Waals surface area contributed by atoms with Crippen LogP contribution in [-0.2, 0) is 25.5 Å². The molecule has 0 radical (unpaired) electrons. The van der Waals surface area contributed by atoms with Gasteiger partial charge in [-0.2, -0.15) is 0 Å². The lowest BCUT2D eigenvalue weighted by atomic mass is 10.0. The molecule has 2 atom stereocenters. The van der Waals surface area contributed by atoms with Crippen LogP contribution in [0.1, 0.15) is 58.4 Å². The fraction of sp³-hybridized carbons (Fsp3) is 0.458. The number of esters is 1. The summed E-state index contributed by atoms with van der Waals surface area (Å²) >= 11 is 0. The second-order valence-electron chi connectivity index (χ2n) is 7.78. The van der Waals surface area contributed by atoms with E-state index in [0.29, 0.717) is 12.3 Å². The zero-order chi connectivity index (χ0) is 21.2. The summed E-state index contributed by atoms with van der Waals surface area (Å²) in [5.74, 6) is -2.37. The van der Waals surface area contributed by atoms with Crippen molar-refractivity contribution < 1.29 is 23.5 Å². The maximum atomic E-state index is 11.6. The highest BCUT2D eigenvalue weighted by molar-refractivity contribution is 6.65. The highest BCUT2D eigenvalue weighted by Gasteiger charge is 2.41. The molecule has 1 aliphatic rings. The van der Waals surface area contributed by atoms with E-state index in [2.05, 4.69) is 32.1 Å². The zero-order valence-corrected chi connectivity index (χ0v) is 17.5. The molecule has 0 aromatic carbocycles. The molecule has 0 saturated carbocycles. The Morgan fingerprint density at radius 3 is 2.66 bits per heavy atom. The summed E-state index contributed by atoms with van der Waals surface area (Å²) in [7, 11) is 0. The molecule has 0 N–H and O–H groups in total. The predicted octanol–water partition coefficient (Wildman–Crippen LogP) is 4.92. The number of carbonyl (C=O) groups is 3. The van der Waals surface area contributed by atoms with Crippen LogP contribution in [0.25, 0.3) is 0 Å². The lowest BCUT2D eigenvalue weighted by Crippen LogP contribution is -2.20. The Balaban J connectivity index is 1.65. The SMILES string of the molecule is C/C(=C\C=C\[C@@H](C)CC/C=C(\C)CC1OC(=O)C(=O)C1=O)CCCc1ccoc1. The topological polar surface area (TPSA) is 73.6 Å². The van der Waals surface area contributed by atoms with Crippen LogP contribution in [0.3, 0.4) is 0 Å². The predicted molar refractivity (Wildman–Crippen MR) is 111 cm³/mol. The molecule has 1 unspecified atom stereocenters. The Morgan fingerprint density at radius 1 is 1.21 bits per heavy atom. The number of furan rings is 1. The second kappa shape index (κ2) is 11.3. The van der Waals surface area contributed by atoms with Gasteiger partial charge in [-0.15, -0.1) is 0 Å². The largest absolute Gasteiger partial charge is 0.472 e. The van der Waals surface area contributed by atoms with E-state index in [9.17, 15) is 14.4 Å². The van der Waals surface area contributed by atoms with Crippen molar-refractivity contribution in [1.29, 1.82) is 0 Å². The number of ether oxygens (including phenoxy) is 1. The molecule has 2 rings (SSSR count). The van der Waals surface area contributed by atoms with Gasteiger partial charge in [0.1, 0.15) is 0 Å². The normalized spacial score (nSPS) is 19.3. The molecule has 1 aromatic heterocycles. The van der Waals surface area contributed by atoms with E-state index >= 15 is 0 Å². The van der Waals surface area contributed by atoms with Gasteiger partial charge in [0.25, 0.3) is 5.78 Å². The Hall–Kier alpha value is -2.69. The van der Waals surface area contributed by atoms with Gasteiger partial charge in [0.05, 0.1) is 12.5 Å². The van der Waals surface area contributed by atoms with Crippen molar-refractivity contribution in [3.63, 3.8) is 0 Å². The number of carbonyl (C=O) groups excluding carboxylic acids is 3. The van der Waals surface area contributed by atoms with Gasteiger partial charge in [-0.05, 0) is 63.5 Å². The van der Waals surface area contributed by atoms with E-state index in [1.807, 2.05) is 19.1 Å². The molecule has 0 spiro atoms. The quantitative estimate of drug-likeness (QED) is 0.229. The first-order valence-corrected chi connectivity index (χ1v) is 10.2. The van der Waals surface area contributed by atoms with Crippen molar-refractivity contribution in [2.75, 3.05) is 0 Å². The first kappa shape index (κ1) is 22.6. The van der Waals surface area contributed by atoms with Crippen LogP contribution in [0.15, 0.2) is 58.5 Å². The molecule has 1 fully saturated rings. The van der Waals surface area contributed by atoms with Gasteiger partial charge in [0.2, 0.25) is 0 Å². The van der Waals surface area contributed by atoms with Gasteiger partial charge < -0.3 is 9.15 Å². The third-order valence-electron chi connectivity index (χ3n) is 5.01. The maximum Gasteiger partial charge on any atom is 0.383 e. The molecular weight excluding hydrogens is 368 g/mol. The smallest absolute Gasteiger partial charge is 0.383 e. The number of ketones is 2. The standard InChI is InChI=1S/C24H30O5/c1-17(7-4-8-18(2)10-6-12-20-13-14-28-16-20)9-5-11-19(3)15-21-22(25)23(26)24(27)29-21/h4,7-8,11,13-14,16-17,21H,5-6,9-10,12,15H2,1-3H3/b7-4+,18-8+,19-11+/t17-,21?/m1/s1. The average Bonchev–Trinajstić information content (AvgIpc) is 3.27. The molecule has 2 heterocycles. The fourth-order valence-electron chi connectivity index (χ4n) is 3.18. The molecule has 29 heavy (non-hydrogen) atoms. The Morgan fingerprint density at radius 2 is 2.00 bits per heavy atom. The van der Waals surface area contributed by atoms with E-state index in [-0.39, 0.29) is 0 Å². The van der Waals surface area contributed by atoms with Crippen LogP contribution >= 0.6 is 0 Å². The molecule has 0 aliphatic carbocycles. The van der Waals surface area contributed by atoms with Crippen molar-refractivity contribution in [2.24, 2.45) is 5.92 Å². The zero-order valence-electron chi connectivity index (χ0n) is 17.5. The highest BCUT2D eigenvalue weighted by atomic mass is 16.6. The third kappa shape index (κ3) is 7.68. The van der Waals surface area contributed by atoms with E-state index in [1.54, 1.807) is 12.5 Å². The summed E-state index contributed by atoms with van der Waals surface area (Å²) in [6.07, 6.45) is 16.5. The van der Waals surface area contributed by atoms with Crippen LogP contribution in [0.4, 0.5) is 0 Å². The number of Topliss-reactive ketones (excluding diaryl/α,β-unsaturated/α-hetero) is 2. The summed E-state index contributed by atoms with van der Waals surface area (Å²) in [6, 6.07) is 2.01. The monoisotopic (exact) mass is 398 g/mol. The van der Waals surface area contributed by atoms with Crippen molar-refractivity contribution in [3.05, 3.63) is 59.6 Å². The number of hydrogen-bond donors (Lipinski definition) is 0. The first-order chi connectivity index (χ1) is 13.9. The van der Waals surface area contributed by atoms with E-state index in [4.69, 9.17) is 9.15 Å². The highest BCUT2D eigenvalue weighted by Crippen LogP contribution is 2.18. The summed E-state index contributed by atoms with van der Waals surface area (Å²) in [6.45, 7) is 6.21. The van der Waals surface area contributed by atoms with E-state index in [0.717, 1.165) is 37.7 Å². The minimum absolute atomic E-state index is 0.293. The summed E-state index contributed by atoms with van der Waals surface area (Å²) < 4.78 is 9.89.